The molecule has 1 aliphatic rings. The number of carboxylic acids is 1. The Balaban J connectivity index is 1.91. The summed E-state index contributed by atoms with van der Waals surface area (Å²) >= 11 is 0. The van der Waals surface area contributed by atoms with E-state index in [4.69, 9.17) is 0 Å². The molecule has 29 heavy (non-hydrogen) atoms. The highest BCUT2D eigenvalue weighted by Gasteiger charge is 2.57. The lowest BCUT2D eigenvalue weighted by atomic mass is 9.83. The number of hydrogen-bond donors (Lipinski definition) is 2. The van der Waals surface area contributed by atoms with Gasteiger partial charge in [0.25, 0.3) is 0 Å². The minimum Gasteiger partial charge on any atom is -0.480 e. The van der Waals surface area contributed by atoms with Crippen LogP contribution >= 0.6 is 0 Å². The normalized spacial score (nSPS) is 24.6. The zero-order valence-corrected chi connectivity index (χ0v) is 17.1. The molecular formula is C22H28N4O3. The van der Waals surface area contributed by atoms with Gasteiger partial charge in [0.15, 0.2) is 0 Å². The number of likely N-dealkylation sites (tertiary alicyclic amines) is 1. The first-order valence-electron chi connectivity index (χ1n) is 9.88. The third kappa shape index (κ3) is 4.29. The molecule has 1 saturated heterocycles. The van der Waals surface area contributed by atoms with E-state index in [9.17, 15) is 14.7 Å². The highest BCUT2D eigenvalue weighted by atomic mass is 16.4. The van der Waals surface area contributed by atoms with Crippen LogP contribution in [0.25, 0.3) is 0 Å². The number of pyridine rings is 2. The van der Waals surface area contributed by atoms with Gasteiger partial charge >= 0.3 is 5.97 Å². The van der Waals surface area contributed by atoms with Crippen molar-refractivity contribution in [3.8, 4) is 0 Å². The van der Waals surface area contributed by atoms with Crippen LogP contribution in [0, 0.1) is 11.8 Å². The van der Waals surface area contributed by atoms with Crippen LogP contribution in [0.15, 0.2) is 49.1 Å². The molecule has 1 amide bonds. The van der Waals surface area contributed by atoms with Gasteiger partial charge in [0.2, 0.25) is 5.91 Å². The molecule has 0 aliphatic carbocycles. The number of hydrogen-bond acceptors (Lipinski definition) is 5. The van der Waals surface area contributed by atoms with Crippen molar-refractivity contribution in [3.05, 3.63) is 60.2 Å². The molecular weight excluding hydrogens is 368 g/mol. The van der Waals surface area contributed by atoms with Crippen LogP contribution in [0.3, 0.4) is 0 Å². The standard InChI is InChI=1S/C22H28N4O3/c1-15(2)10-22(21(28)29)11-18(19(26(22)3)17-7-5-9-24-14-17)20(27)25-13-16-6-4-8-23-12-16/h4-9,12,14-15,18-19H,10-11,13H2,1-3H3,(H,25,27)(H,28,29)/t18-,19-,22-/m0/s1. The molecule has 154 valence electrons. The van der Waals surface area contributed by atoms with E-state index in [0.29, 0.717) is 13.0 Å². The van der Waals surface area contributed by atoms with E-state index in [0.717, 1.165) is 11.1 Å². The lowest BCUT2D eigenvalue weighted by Crippen LogP contribution is -2.50. The van der Waals surface area contributed by atoms with Gasteiger partial charge in [-0.1, -0.05) is 26.0 Å². The highest BCUT2D eigenvalue weighted by Crippen LogP contribution is 2.48. The smallest absolute Gasteiger partial charge is 0.324 e. The van der Waals surface area contributed by atoms with Gasteiger partial charge < -0.3 is 10.4 Å². The van der Waals surface area contributed by atoms with Gasteiger partial charge in [-0.25, -0.2) is 0 Å². The molecule has 2 N–H and O–H groups in total. The summed E-state index contributed by atoms with van der Waals surface area (Å²) in [5, 5.41) is 13.1. The van der Waals surface area contributed by atoms with Gasteiger partial charge in [-0.05, 0) is 49.1 Å². The predicted octanol–water partition coefficient (Wildman–Crippen LogP) is 2.66. The van der Waals surface area contributed by atoms with E-state index in [1.807, 2.05) is 50.1 Å². The van der Waals surface area contributed by atoms with E-state index >= 15 is 0 Å². The monoisotopic (exact) mass is 396 g/mol. The van der Waals surface area contributed by atoms with Crippen molar-refractivity contribution >= 4 is 11.9 Å². The maximum absolute atomic E-state index is 13.2. The maximum Gasteiger partial charge on any atom is 0.324 e. The minimum absolute atomic E-state index is 0.151. The van der Waals surface area contributed by atoms with E-state index in [-0.39, 0.29) is 24.3 Å². The van der Waals surface area contributed by atoms with Crippen LogP contribution < -0.4 is 5.32 Å². The van der Waals surface area contributed by atoms with Crippen molar-refractivity contribution in [2.45, 2.75) is 44.8 Å². The van der Waals surface area contributed by atoms with Crippen molar-refractivity contribution in [3.63, 3.8) is 0 Å². The molecule has 3 atom stereocenters. The molecule has 0 unspecified atom stereocenters. The van der Waals surface area contributed by atoms with Crippen molar-refractivity contribution in [2.24, 2.45) is 11.8 Å². The Labute approximate surface area is 171 Å². The van der Waals surface area contributed by atoms with Gasteiger partial charge in [-0.2, -0.15) is 0 Å². The quantitative estimate of drug-likeness (QED) is 0.747. The van der Waals surface area contributed by atoms with E-state index in [1.165, 1.54) is 0 Å². The topological polar surface area (TPSA) is 95.4 Å². The molecule has 0 bridgehead atoms. The van der Waals surface area contributed by atoms with Crippen LogP contribution in [0.2, 0.25) is 0 Å². The van der Waals surface area contributed by atoms with Crippen molar-refractivity contribution in [2.75, 3.05) is 7.05 Å². The van der Waals surface area contributed by atoms with Crippen molar-refractivity contribution in [1.82, 2.24) is 20.2 Å². The second-order valence-corrected chi connectivity index (χ2v) is 8.17. The van der Waals surface area contributed by atoms with Crippen molar-refractivity contribution < 1.29 is 14.7 Å². The number of amides is 1. The Morgan fingerprint density at radius 3 is 2.48 bits per heavy atom. The zero-order valence-electron chi connectivity index (χ0n) is 17.1. The Kier molecular flexibility index (Phi) is 6.27. The molecule has 0 spiro atoms. The van der Waals surface area contributed by atoms with Gasteiger partial charge in [0, 0.05) is 37.4 Å². The molecule has 3 heterocycles. The second kappa shape index (κ2) is 8.69. The number of carbonyl (C=O) groups excluding carboxylic acids is 1. The molecule has 2 aromatic heterocycles. The van der Waals surface area contributed by atoms with Crippen LogP contribution in [0.1, 0.15) is 43.9 Å². The van der Waals surface area contributed by atoms with Crippen LogP contribution in [-0.2, 0) is 16.1 Å². The lowest BCUT2D eigenvalue weighted by Gasteiger charge is -2.36. The first kappa shape index (κ1) is 20.9. The Morgan fingerprint density at radius 2 is 1.93 bits per heavy atom. The summed E-state index contributed by atoms with van der Waals surface area (Å²) in [5.74, 6) is -1.34. The zero-order chi connectivity index (χ0) is 21.0. The SMILES string of the molecule is CC(C)C[C@@]1(C(=O)O)C[C@H](C(=O)NCc2cccnc2)[C@H](c2cccnc2)N1C. The molecule has 0 radical (unpaired) electrons. The first-order valence-corrected chi connectivity index (χ1v) is 9.88. The van der Waals surface area contributed by atoms with Gasteiger partial charge in [0.1, 0.15) is 5.54 Å². The summed E-state index contributed by atoms with van der Waals surface area (Å²) in [6.07, 6.45) is 7.52. The fourth-order valence-electron chi connectivity index (χ4n) is 4.45. The van der Waals surface area contributed by atoms with E-state index in [2.05, 4.69) is 15.3 Å². The predicted molar refractivity (Wildman–Crippen MR) is 109 cm³/mol. The molecule has 2 aromatic rings. The van der Waals surface area contributed by atoms with Gasteiger partial charge in [-0.3, -0.25) is 24.5 Å². The molecule has 0 saturated carbocycles. The average molecular weight is 396 g/mol. The number of carbonyl (C=O) groups is 2. The summed E-state index contributed by atoms with van der Waals surface area (Å²) < 4.78 is 0. The molecule has 1 aliphatic heterocycles. The van der Waals surface area contributed by atoms with Gasteiger partial charge in [0.05, 0.1) is 5.92 Å². The highest BCUT2D eigenvalue weighted by molar-refractivity contribution is 5.85. The summed E-state index contributed by atoms with van der Waals surface area (Å²) in [5.41, 5.74) is 0.658. The van der Waals surface area contributed by atoms with Crippen LogP contribution in [0.5, 0.6) is 0 Å². The summed E-state index contributed by atoms with van der Waals surface area (Å²) in [6.45, 7) is 4.37. The number of nitrogens with one attached hydrogen (secondary N) is 1. The third-order valence-corrected chi connectivity index (χ3v) is 5.73. The minimum atomic E-state index is -1.09. The van der Waals surface area contributed by atoms with Crippen molar-refractivity contribution in [1.29, 1.82) is 0 Å². The molecule has 7 nitrogen and oxygen atoms in total. The number of carboxylic acid groups (broad SMARTS) is 1. The fraction of sp³-hybridized carbons (Fsp3) is 0.455. The summed E-state index contributed by atoms with van der Waals surface area (Å²) in [4.78, 5) is 35.7. The number of rotatable bonds is 7. The lowest BCUT2D eigenvalue weighted by molar-refractivity contribution is -0.151. The molecule has 3 rings (SSSR count). The second-order valence-electron chi connectivity index (χ2n) is 8.17. The largest absolute Gasteiger partial charge is 0.480 e. The number of likely N-dealkylation sites (N-methyl/N-ethyl adjacent to an activating group) is 1. The Morgan fingerprint density at radius 1 is 1.24 bits per heavy atom. The number of nitrogens with zero attached hydrogens (tertiary/aromatic N) is 3. The first-order chi connectivity index (χ1) is 13.8. The van der Waals surface area contributed by atoms with E-state index < -0.39 is 17.4 Å². The fourth-order valence-corrected chi connectivity index (χ4v) is 4.45. The number of aliphatic carboxylic acids is 1. The number of aromatic nitrogens is 2. The molecule has 1 fully saturated rings. The van der Waals surface area contributed by atoms with E-state index in [1.54, 1.807) is 24.8 Å². The summed E-state index contributed by atoms with van der Waals surface area (Å²) in [6, 6.07) is 7.08. The maximum atomic E-state index is 13.2. The summed E-state index contributed by atoms with van der Waals surface area (Å²) in [7, 11) is 1.81. The third-order valence-electron chi connectivity index (χ3n) is 5.73. The van der Waals surface area contributed by atoms with Crippen LogP contribution in [-0.4, -0.2) is 44.4 Å². The van der Waals surface area contributed by atoms with Gasteiger partial charge in [-0.15, -0.1) is 0 Å². The van der Waals surface area contributed by atoms with Crippen LogP contribution in [0.4, 0.5) is 0 Å². The Hall–Kier alpha value is -2.80. The molecule has 0 aromatic carbocycles. The molecule has 7 heteroatoms. The Bertz CT molecular complexity index is 844. The average Bonchev–Trinajstić information content (AvgIpc) is 3.00.